The molecule has 5 atom stereocenters. The highest BCUT2D eigenvalue weighted by Gasteiger charge is 2.51. The molecule has 2 aromatic heterocycles. The fourth-order valence-corrected chi connectivity index (χ4v) is 9.10. The molecule has 0 bridgehead atoms. The first-order valence-corrected chi connectivity index (χ1v) is 19.9. The van der Waals surface area contributed by atoms with E-state index in [1.807, 2.05) is 13.0 Å². The summed E-state index contributed by atoms with van der Waals surface area (Å²) < 4.78 is 54.6. The molecule has 1 amide bonds. The third-order valence-electron chi connectivity index (χ3n) is 8.32. The molecule has 15 nitrogen and oxygen atoms in total. The predicted molar refractivity (Wildman–Crippen MR) is 195 cm³/mol. The molecule has 2 unspecified atom stereocenters. The van der Waals surface area contributed by atoms with Gasteiger partial charge in [-0.3, -0.25) is 9.36 Å². The Balaban J connectivity index is 1.52. The molecule has 0 saturated carbocycles. The maximum Gasteiger partial charge on any atom is 0.321 e. The van der Waals surface area contributed by atoms with Gasteiger partial charge in [0.1, 0.15) is 18.2 Å². The van der Waals surface area contributed by atoms with Gasteiger partial charge in [0.2, 0.25) is 0 Å². The zero-order valence-corrected chi connectivity index (χ0v) is 31.4. The van der Waals surface area contributed by atoms with Gasteiger partial charge in [-0.2, -0.15) is 0 Å². The Morgan fingerprint density at radius 2 is 1.82 bits per heavy atom. The van der Waals surface area contributed by atoms with E-state index in [2.05, 4.69) is 59.2 Å². The van der Waals surface area contributed by atoms with E-state index in [-0.39, 0.29) is 60.1 Å². The van der Waals surface area contributed by atoms with Crippen molar-refractivity contribution in [3.8, 4) is 0 Å². The Morgan fingerprint density at radius 1 is 1.14 bits per heavy atom. The van der Waals surface area contributed by atoms with Gasteiger partial charge < -0.3 is 34.5 Å². The average Bonchev–Trinajstić information content (AvgIpc) is 3.66. The van der Waals surface area contributed by atoms with Crippen LogP contribution in [-0.2, 0) is 28.4 Å². The molecule has 3 aromatic rings. The largest absolute Gasteiger partial charge is 0.460 e. The molecule has 0 spiro atoms. The van der Waals surface area contributed by atoms with E-state index in [4.69, 9.17) is 36.5 Å². The first kappa shape index (κ1) is 37.9. The number of fused-ring (bicyclic) bond motifs is 1. The molecule has 50 heavy (non-hydrogen) atoms. The number of nitrogens with zero attached hydrogens (tertiary/aromatic N) is 6. The third kappa shape index (κ3) is 8.58. The molecule has 2 saturated heterocycles. The predicted octanol–water partition coefficient (Wildman–Crippen LogP) is 4.01. The van der Waals surface area contributed by atoms with Crippen molar-refractivity contribution in [2.24, 2.45) is 5.73 Å². The minimum atomic E-state index is -3.16. The van der Waals surface area contributed by atoms with Crippen molar-refractivity contribution < 1.29 is 31.7 Å². The van der Waals surface area contributed by atoms with Crippen LogP contribution in [0, 0.1) is 0 Å². The van der Waals surface area contributed by atoms with E-state index in [0.717, 1.165) is 0 Å². The smallest absolute Gasteiger partial charge is 0.321 e. The highest BCUT2D eigenvalue weighted by atomic mass is 32.2. The summed E-state index contributed by atoms with van der Waals surface area (Å²) in [7, 11) is -4.92. The number of hydrogen-bond acceptors (Lipinski definition) is 13. The van der Waals surface area contributed by atoms with Gasteiger partial charge in [-0.15, -0.1) is 0 Å². The Labute approximate surface area is 299 Å². The number of sulfone groups is 1. The van der Waals surface area contributed by atoms with Crippen LogP contribution in [-0.4, -0.2) is 110 Å². The number of benzene rings is 1. The van der Waals surface area contributed by atoms with E-state index in [0.29, 0.717) is 28.9 Å². The zero-order chi connectivity index (χ0) is 36.2. The fourth-order valence-electron chi connectivity index (χ4n) is 5.85. The molecule has 2 aliphatic heterocycles. The number of nitrogens with one attached hydrogen (secondary N) is 1. The van der Waals surface area contributed by atoms with Crippen LogP contribution in [0.15, 0.2) is 55.3 Å². The Hall–Kier alpha value is -3.31. The lowest BCUT2D eigenvalue weighted by atomic mass is 10.1. The topological polar surface area (TPSA) is 176 Å². The van der Waals surface area contributed by atoms with Crippen LogP contribution in [0.5, 0.6) is 0 Å². The Morgan fingerprint density at radius 3 is 2.44 bits per heavy atom. The van der Waals surface area contributed by atoms with E-state index in [1.165, 1.54) is 6.33 Å². The molecular formula is C32H45N8O7PS2. The summed E-state index contributed by atoms with van der Waals surface area (Å²) in [6, 6.07) is 8.86. The van der Waals surface area contributed by atoms with Crippen LogP contribution in [0.3, 0.4) is 0 Å². The van der Waals surface area contributed by atoms with E-state index in [9.17, 15) is 13.2 Å². The maximum absolute atomic E-state index is 13.0. The van der Waals surface area contributed by atoms with Crippen molar-refractivity contribution in [3.05, 3.63) is 60.9 Å². The number of amides is 1. The van der Waals surface area contributed by atoms with Gasteiger partial charge in [0.05, 0.1) is 30.5 Å². The summed E-state index contributed by atoms with van der Waals surface area (Å²) in [5.74, 6) is 0.189. The lowest BCUT2D eigenvalue weighted by molar-refractivity contribution is -0.0343. The first-order chi connectivity index (χ1) is 23.8. The molecule has 3 N–H and O–H groups in total. The maximum atomic E-state index is 13.0. The molecule has 4 heterocycles. The molecule has 0 radical (unpaired) electrons. The average molecular weight is 749 g/mol. The quantitative estimate of drug-likeness (QED) is 0.146. The standard InChI is InChI=1S/C32H45N8O7PS2/c1-7-24-26(47-48(46-22(6)17-33)40(20(2)3)21(4)5)27(45-32(49)38-13-15-50(42,43)16-14-38)31(44-24)39-19-36-25-28(34-18-35-29(25)39)37-30(41)23-11-9-8-10-12-23/h8-12,18-21,24,26-27,31H,6-7,13-17,33H2,1-5H3,(H,34,35,37,41)/t24-,26+,27?,31-,48?/m1/s1. The van der Waals surface area contributed by atoms with E-state index >= 15 is 0 Å². The van der Waals surface area contributed by atoms with Gasteiger partial charge >= 0.3 is 8.53 Å². The second-order valence-corrected chi connectivity index (χ2v) is 16.5. The van der Waals surface area contributed by atoms with Crippen LogP contribution in [0.1, 0.15) is 57.6 Å². The molecule has 272 valence electrons. The van der Waals surface area contributed by atoms with E-state index in [1.54, 1.807) is 40.1 Å². The number of thiocarbonyl (C=S) groups is 1. The molecule has 0 aliphatic carbocycles. The summed E-state index contributed by atoms with van der Waals surface area (Å²) in [6.07, 6.45) is 0.507. The van der Waals surface area contributed by atoms with Gasteiger partial charge in [-0.25, -0.2) is 28.0 Å². The molecule has 2 fully saturated rings. The number of aromatic nitrogens is 4. The lowest BCUT2D eigenvalue weighted by Crippen LogP contribution is -2.47. The monoisotopic (exact) mass is 748 g/mol. The number of imidazole rings is 1. The van der Waals surface area contributed by atoms with Crippen molar-refractivity contribution >= 4 is 58.6 Å². The number of ether oxygens (including phenoxy) is 2. The minimum Gasteiger partial charge on any atom is -0.460 e. The van der Waals surface area contributed by atoms with Crippen molar-refractivity contribution in [2.45, 2.75) is 77.7 Å². The number of rotatable bonds is 13. The number of carbonyl (C=O) groups excluding carboxylic acids is 1. The van der Waals surface area contributed by atoms with Crippen molar-refractivity contribution in [1.29, 1.82) is 0 Å². The molecule has 18 heteroatoms. The van der Waals surface area contributed by atoms with Crippen LogP contribution < -0.4 is 11.1 Å². The normalized spacial score (nSPS) is 22.6. The first-order valence-electron chi connectivity index (χ1n) is 16.5. The molecule has 1 aromatic carbocycles. The van der Waals surface area contributed by atoms with Crippen LogP contribution >= 0.6 is 20.7 Å². The van der Waals surface area contributed by atoms with Crippen molar-refractivity contribution in [2.75, 3.05) is 36.5 Å². The number of carbonyl (C=O) groups is 1. The highest BCUT2D eigenvalue weighted by Crippen LogP contribution is 2.52. The summed E-state index contributed by atoms with van der Waals surface area (Å²) in [5, 5.41) is 2.96. The second kappa shape index (κ2) is 16.4. The third-order valence-corrected chi connectivity index (χ3v) is 12.4. The van der Waals surface area contributed by atoms with Gasteiger partial charge in [-0.05, 0) is 58.5 Å². The molecule has 5 rings (SSSR count). The summed E-state index contributed by atoms with van der Waals surface area (Å²) >= 11 is 5.78. The minimum absolute atomic E-state index is 0.0305. The fraction of sp³-hybridized carbons (Fsp3) is 0.531. The Kier molecular flexibility index (Phi) is 12.4. The van der Waals surface area contributed by atoms with E-state index < -0.39 is 42.9 Å². The lowest BCUT2D eigenvalue weighted by Gasteiger charge is -2.38. The number of anilines is 1. The van der Waals surface area contributed by atoms with Crippen LogP contribution in [0.4, 0.5) is 5.82 Å². The van der Waals surface area contributed by atoms with Crippen LogP contribution in [0.25, 0.3) is 11.2 Å². The Bertz CT molecular complexity index is 1760. The molecular weight excluding hydrogens is 704 g/mol. The van der Waals surface area contributed by atoms with Crippen molar-refractivity contribution in [3.63, 3.8) is 0 Å². The number of nitrogens with two attached hydrogens (primary N) is 1. The highest BCUT2D eigenvalue weighted by molar-refractivity contribution is 7.91. The summed E-state index contributed by atoms with van der Waals surface area (Å²) in [4.78, 5) is 28.1. The van der Waals surface area contributed by atoms with Gasteiger partial charge in [-0.1, -0.05) is 31.7 Å². The summed E-state index contributed by atoms with van der Waals surface area (Å²) in [5.41, 5.74) is 7.08. The van der Waals surface area contributed by atoms with Gasteiger partial charge in [0.25, 0.3) is 11.1 Å². The summed E-state index contributed by atoms with van der Waals surface area (Å²) in [6.45, 7) is 14.7. The van der Waals surface area contributed by atoms with Crippen LogP contribution in [0.2, 0.25) is 0 Å². The van der Waals surface area contributed by atoms with Gasteiger partial charge in [0.15, 0.2) is 39.2 Å². The van der Waals surface area contributed by atoms with Gasteiger partial charge in [0, 0.05) is 30.7 Å². The second-order valence-electron chi connectivity index (χ2n) is 12.5. The SMILES string of the molecule is C=C(CN)OP(O[C@@H]1C(OC(=S)N2CCS(=O)(=O)CC2)[C@H](n2cnc3c(NC(=O)c4ccccc4)ncnc32)O[C@@H]1CC)N(C(C)C)C(C)C. The van der Waals surface area contributed by atoms with Crippen molar-refractivity contribution in [1.82, 2.24) is 29.1 Å². The zero-order valence-electron chi connectivity index (χ0n) is 28.8. The number of hydrogen-bond donors (Lipinski definition) is 2. The molecule has 2 aliphatic rings.